The molecule has 2 heterocycles. The van der Waals surface area contributed by atoms with Crippen molar-refractivity contribution in [1.29, 1.82) is 0 Å². The molecule has 2 aromatic carbocycles. The molecule has 25 heavy (non-hydrogen) atoms. The summed E-state index contributed by atoms with van der Waals surface area (Å²) < 4.78 is 34.7. The molecule has 5 atom stereocenters. The number of hydrogen-bond acceptors (Lipinski definition) is 2. The van der Waals surface area contributed by atoms with E-state index in [1.165, 1.54) is 12.1 Å². The van der Waals surface area contributed by atoms with Gasteiger partial charge in [-0.25, -0.2) is 8.78 Å². The van der Waals surface area contributed by atoms with Crippen LogP contribution in [0.5, 0.6) is 0 Å². The Labute approximate surface area is 147 Å². The molecule has 4 heteroatoms. The van der Waals surface area contributed by atoms with Crippen molar-refractivity contribution >= 4 is 0 Å². The van der Waals surface area contributed by atoms with E-state index in [9.17, 15) is 4.39 Å². The number of ether oxygens (including phenoxy) is 1. The van der Waals surface area contributed by atoms with Gasteiger partial charge in [0.15, 0.2) is 0 Å². The van der Waals surface area contributed by atoms with E-state index in [4.69, 9.17) is 4.74 Å². The first-order valence-electron chi connectivity index (χ1n) is 8.95. The van der Waals surface area contributed by atoms with Crippen molar-refractivity contribution in [2.75, 3.05) is 7.05 Å². The fourth-order valence-electron chi connectivity index (χ4n) is 4.28. The molecule has 132 valence electrons. The van der Waals surface area contributed by atoms with Gasteiger partial charge in [0.2, 0.25) is 0 Å². The van der Waals surface area contributed by atoms with Crippen molar-refractivity contribution in [2.45, 2.75) is 49.7 Å². The molecule has 2 aromatic rings. The molecule has 0 aromatic heterocycles. The topological polar surface area (TPSA) is 12.5 Å². The summed E-state index contributed by atoms with van der Waals surface area (Å²) in [5, 5.41) is 0. The summed E-state index contributed by atoms with van der Waals surface area (Å²) in [6, 6.07) is 16.4. The van der Waals surface area contributed by atoms with Crippen LogP contribution in [-0.4, -0.2) is 36.3 Å². The molecular formula is C21H23F2NO. The molecule has 0 amide bonds. The van der Waals surface area contributed by atoms with Crippen LogP contribution in [0.2, 0.25) is 0 Å². The molecule has 0 N–H and O–H groups in total. The molecule has 0 spiro atoms. The molecule has 2 aliphatic heterocycles. The van der Waals surface area contributed by atoms with E-state index in [0.29, 0.717) is 12.5 Å². The van der Waals surface area contributed by atoms with Gasteiger partial charge in [-0.2, -0.15) is 0 Å². The van der Waals surface area contributed by atoms with Gasteiger partial charge in [0.05, 0.1) is 6.10 Å². The SMILES string of the molecule is CN1C2CCC1C(F)C(OC(c1ccccc1)c1ccc(F)cc1)C2. The number of benzene rings is 2. The molecule has 5 unspecified atom stereocenters. The van der Waals surface area contributed by atoms with E-state index in [2.05, 4.69) is 4.90 Å². The lowest BCUT2D eigenvalue weighted by Crippen LogP contribution is -2.51. The van der Waals surface area contributed by atoms with Gasteiger partial charge >= 0.3 is 0 Å². The summed E-state index contributed by atoms with van der Waals surface area (Å²) >= 11 is 0. The van der Waals surface area contributed by atoms with Gasteiger partial charge in [0.25, 0.3) is 0 Å². The van der Waals surface area contributed by atoms with E-state index in [1.807, 2.05) is 37.4 Å². The summed E-state index contributed by atoms with van der Waals surface area (Å²) in [6.07, 6.45) is 0.841. The third kappa shape index (κ3) is 3.21. The van der Waals surface area contributed by atoms with Crippen molar-refractivity contribution in [3.63, 3.8) is 0 Å². The Morgan fingerprint density at radius 2 is 1.68 bits per heavy atom. The van der Waals surface area contributed by atoms with Gasteiger partial charge in [-0.15, -0.1) is 0 Å². The summed E-state index contributed by atoms with van der Waals surface area (Å²) in [6.45, 7) is 0. The quantitative estimate of drug-likeness (QED) is 0.810. The minimum absolute atomic E-state index is 0.0478. The average Bonchev–Trinajstić information content (AvgIpc) is 2.90. The zero-order valence-electron chi connectivity index (χ0n) is 14.3. The van der Waals surface area contributed by atoms with Crippen LogP contribution in [0.25, 0.3) is 0 Å². The Hall–Kier alpha value is -1.78. The third-order valence-electron chi connectivity index (χ3n) is 5.71. The molecule has 2 saturated heterocycles. The Kier molecular flexibility index (Phi) is 4.57. The normalized spacial score (nSPS) is 30.4. The lowest BCUT2D eigenvalue weighted by molar-refractivity contribution is -0.0908. The highest BCUT2D eigenvalue weighted by Crippen LogP contribution is 2.40. The number of nitrogens with zero attached hydrogens (tertiary/aromatic N) is 1. The minimum Gasteiger partial charge on any atom is -0.362 e. The second kappa shape index (κ2) is 6.85. The number of fused-ring (bicyclic) bond motifs is 2. The van der Waals surface area contributed by atoms with Gasteiger partial charge < -0.3 is 4.74 Å². The third-order valence-corrected chi connectivity index (χ3v) is 5.71. The Bertz CT molecular complexity index is 706. The maximum absolute atomic E-state index is 15.0. The highest BCUT2D eigenvalue weighted by atomic mass is 19.1. The molecule has 2 bridgehead atoms. The van der Waals surface area contributed by atoms with E-state index in [1.54, 1.807) is 12.1 Å². The van der Waals surface area contributed by atoms with Crippen molar-refractivity contribution in [2.24, 2.45) is 0 Å². The van der Waals surface area contributed by atoms with E-state index >= 15 is 4.39 Å². The molecule has 2 aliphatic rings. The smallest absolute Gasteiger partial charge is 0.142 e. The first kappa shape index (κ1) is 16.7. The second-order valence-corrected chi connectivity index (χ2v) is 7.16. The van der Waals surface area contributed by atoms with Gasteiger partial charge in [-0.3, -0.25) is 4.90 Å². The first-order chi connectivity index (χ1) is 12.1. The minimum atomic E-state index is -0.990. The first-order valence-corrected chi connectivity index (χ1v) is 8.95. The number of rotatable bonds is 4. The van der Waals surface area contributed by atoms with Crippen molar-refractivity contribution in [1.82, 2.24) is 4.90 Å². The average molecular weight is 343 g/mol. The highest BCUT2D eigenvalue weighted by Gasteiger charge is 2.47. The van der Waals surface area contributed by atoms with Gasteiger partial charge in [0, 0.05) is 12.1 Å². The van der Waals surface area contributed by atoms with Crippen LogP contribution in [0.1, 0.15) is 36.5 Å². The Balaban J connectivity index is 1.62. The van der Waals surface area contributed by atoms with Crippen LogP contribution in [0.4, 0.5) is 8.78 Å². The lowest BCUT2D eigenvalue weighted by Gasteiger charge is -2.40. The zero-order chi connectivity index (χ0) is 17.4. The Morgan fingerprint density at radius 1 is 1.00 bits per heavy atom. The molecule has 0 saturated carbocycles. The van der Waals surface area contributed by atoms with Crippen LogP contribution in [-0.2, 0) is 4.74 Å². The monoisotopic (exact) mass is 343 g/mol. The van der Waals surface area contributed by atoms with Crippen LogP contribution in [0.15, 0.2) is 54.6 Å². The predicted octanol–water partition coefficient (Wildman–Crippen LogP) is 4.50. The maximum Gasteiger partial charge on any atom is 0.142 e. The van der Waals surface area contributed by atoms with Crippen LogP contribution >= 0.6 is 0 Å². The summed E-state index contributed by atoms with van der Waals surface area (Å²) in [5.41, 5.74) is 1.82. The van der Waals surface area contributed by atoms with Gasteiger partial charge in [0.1, 0.15) is 18.1 Å². The van der Waals surface area contributed by atoms with Crippen molar-refractivity contribution < 1.29 is 13.5 Å². The maximum atomic E-state index is 15.0. The van der Waals surface area contributed by atoms with Crippen LogP contribution < -0.4 is 0 Å². The fraction of sp³-hybridized carbons (Fsp3) is 0.429. The number of alkyl halides is 1. The summed E-state index contributed by atoms with van der Waals surface area (Å²) in [5.74, 6) is -0.281. The molecular weight excluding hydrogens is 320 g/mol. The Morgan fingerprint density at radius 3 is 2.40 bits per heavy atom. The molecule has 2 fully saturated rings. The van der Waals surface area contributed by atoms with Crippen LogP contribution in [0, 0.1) is 5.82 Å². The lowest BCUT2D eigenvalue weighted by atomic mass is 9.96. The van der Waals surface area contributed by atoms with Gasteiger partial charge in [-0.05, 0) is 49.6 Å². The van der Waals surface area contributed by atoms with E-state index in [0.717, 1.165) is 24.0 Å². The van der Waals surface area contributed by atoms with Crippen molar-refractivity contribution in [3.05, 3.63) is 71.5 Å². The zero-order valence-corrected chi connectivity index (χ0v) is 14.3. The molecule has 4 rings (SSSR count). The predicted molar refractivity (Wildman–Crippen MR) is 93.6 cm³/mol. The largest absolute Gasteiger partial charge is 0.362 e. The molecule has 2 nitrogen and oxygen atoms in total. The summed E-state index contributed by atoms with van der Waals surface area (Å²) in [7, 11) is 2.01. The summed E-state index contributed by atoms with van der Waals surface area (Å²) in [4.78, 5) is 2.17. The second-order valence-electron chi connectivity index (χ2n) is 7.16. The number of halogens is 2. The van der Waals surface area contributed by atoms with E-state index < -0.39 is 12.3 Å². The van der Waals surface area contributed by atoms with E-state index in [-0.39, 0.29) is 18.0 Å². The highest BCUT2D eigenvalue weighted by molar-refractivity contribution is 5.30. The molecule has 0 radical (unpaired) electrons. The fourth-order valence-corrected chi connectivity index (χ4v) is 4.28. The van der Waals surface area contributed by atoms with Gasteiger partial charge in [-0.1, -0.05) is 42.5 Å². The number of piperidine rings is 1. The molecule has 0 aliphatic carbocycles. The standard InChI is InChI=1S/C21H23F2NO/c1-24-17-11-12-18(24)20(23)19(13-17)25-21(14-5-3-2-4-6-14)15-7-9-16(22)10-8-15/h2-10,17-21H,11-13H2,1H3. The van der Waals surface area contributed by atoms with Crippen LogP contribution in [0.3, 0.4) is 0 Å². The number of hydrogen-bond donors (Lipinski definition) is 0. The van der Waals surface area contributed by atoms with Crippen molar-refractivity contribution in [3.8, 4) is 0 Å².